The van der Waals surface area contributed by atoms with Crippen molar-refractivity contribution >= 4 is 29.9 Å². The highest BCUT2D eigenvalue weighted by molar-refractivity contribution is 14.0. The largest absolute Gasteiger partial charge is 0.345 e. The summed E-state index contributed by atoms with van der Waals surface area (Å²) in [6, 6.07) is -0.00880. The summed E-state index contributed by atoms with van der Waals surface area (Å²) in [6.07, 6.45) is 0. The summed E-state index contributed by atoms with van der Waals surface area (Å²) in [5.41, 5.74) is 0. The Kier molecular flexibility index (Phi) is 4.51. The van der Waals surface area contributed by atoms with Gasteiger partial charge in [-0.05, 0) is 13.8 Å². The van der Waals surface area contributed by atoms with Crippen molar-refractivity contribution in [2.75, 3.05) is 20.1 Å². The van der Waals surface area contributed by atoms with Crippen molar-refractivity contribution < 1.29 is 4.52 Å². The molecule has 0 saturated carbocycles. The van der Waals surface area contributed by atoms with Crippen molar-refractivity contribution in [1.82, 2.24) is 20.4 Å². The Morgan fingerprint density at radius 1 is 1.50 bits per heavy atom. The van der Waals surface area contributed by atoms with Gasteiger partial charge in [-0.2, -0.15) is 4.98 Å². The third kappa shape index (κ3) is 2.83. The quantitative estimate of drug-likeness (QED) is 0.814. The Morgan fingerprint density at radius 2 is 2.25 bits per heavy atom. The van der Waals surface area contributed by atoms with Crippen molar-refractivity contribution in [2.24, 2.45) is 4.99 Å². The van der Waals surface area contributed by atoms with Crippen molar-refractivity contribution in [3.05, 3.63) is 11.7 Å². The molecule has 90 valence electrons. The molecule has 16 heavy (non-hydrogen) atoms. The van der Waals surface area contributed by atoms with Crippen LogP contribution in [0.5, 0.6) is 0 Å². The smallest absolute Gasteiger partial charge is 0.248 e. The Hall–Kier alpha value is -0.860. The molecule has 1 unspecified atom stereocenters. The number of nitrogens with zero attached hydrogens (tertiary/aromatic N) is 4. The molecule has 1 aromatic rings. The molecule has 0 fully saturated rings. The Morgan fingerprint density at radius 3 is 2.75 bits per heavy atom. The first-order valence-electron chi connectivity index (χ1n) is 4.99. The normalized spacial score (nSPS) is 16.7. The molecule has 1 aromatic heterocycles. The molecular formula is C9H16IN5O. The minimum absolute atomic E-state index is 0. The maximum Gasteiger partial charge on any atom is 0.248 e. The van der Waals surface area contributed by atoms with E-state index in [9.17, 15) is 0 Å². The average molecular weight is 337 g/mol. The molecule has 0 aromatic carbocycles. The van der Waals surface area contributed by atoms with Crippen LogP contribution in [0.15, 0.2) is 9.52 Å². The Balaban J connectivity index is 0.00000128. The second-order valence-electron chi connectivity index (χ2n) is 3.67. The lowest BCUT2D eigenvalue weighted by molar-refractivity contribution is 0.347. The number of aromatic nitrogens is 2. The van der Waals surface area contributed by atoms with E-state index in [1.807, 2.05) is 14.0 Å². The van der Waals surface area contributed by atoms with Crippen molar-refractivity contribution in [3.63, 3.8) is 0 Å². The van der Waals surface area contributed by atoms with Gasteiger partial charge in [0, 0.05) is 13.6 Å². The van der Waals surface area contributed by atoms with Gasteiger partial charge in [0.05, 0.1) is 6.54 Å². The van der Waals surface area contributed by atoms with Crippen LogP contribution in [-0.2, 0) is 0 Å². The van der Waals surface area contributed by atoms with Crippen LogP contribution >= 0.6 is 24.0 Å². The maximum absolute atomic E-state index is 5.07. The number of guanidine groups is 1. The zero-order valence-corrected chi connectivity index (χ0v) is 11.9. The van der Waals surface area contributed by atoms with Gasteiger partial charge in [0.2, 0.25) is 5.89 Å². The van der Waals surface area contributed by atoms with Crippen LogP contribution in [0.2, 0.25) is 0 Å². The van der Waals surface area contributed by atoms with Crippen LogP contribution in [0.25, 0.3) is 0 Å². The van der Waals surface area contributed by atoms with Crippen LogP contribution in [0.1, 0.15) is 24.7 Å². The number of halogens is 1. The molecule has 2 rings (SSSR count). The van der Waals surface area contributed by atoms with Gasteiger partial charge in [-0.25, -0.2) is 0 Å². The van der Waals surface area contributed by atoms with Gasteiger partial charge < -0.3 is 14.7 Å². The van der Waals surface area contributed by atoms with Gasteiger partial charge in [-0.1, -0.05) is 5.16 Å². The zero-order valence-electron chi connectivity index (χ0n) is 9.60. The third-order valence-corrected chi connectivity index (χ3v) is 2.32. The van der Waals surface area contributed by atoms with Crippen molar-refractivity contribution in [3.8, 4) is 0 Å². The number of aryl methyl sites for hydroxylation is 1. The van der Waals surface area contributed by atoms with E-state index in [4.69, 9.17) is 4.52 Å². The minimum Gasteiger partial charge on any atom is -0.345 e. The fourth-order valence-electron chi connectivity index (χ4n) is 1.43. The predicted octanol–water partition coefficient (Wildman–Crippen LogP) is 0.948. The number of hydrogen-bond acceptors (Lipinski definition) is 6. The van der Waals surface area contributed by atoms with Crippen LogP contribution in [0.4, 0.5) is 0 Å². The summed E-state index contributed by atoms with van der Waals surface area (Å²) in [4.78, 5) is 10.6. The van der Waals surface area contributed by atoms with Crippen LogP contribution in [0.3, 0.4) is 0 Å². The molecule has 0 radical (unpaired) electrons. The van der Waals surface area contributed by atoms with Gasteiger partial charge >= 0.3 is 0 Å². The first-order valence-corrected chi connectivity index (χ1v) is 4.99. The molecule has 0 saturated heterocycles. The number of likely N-dealkylation sites (N-methyl/N-ethyl adjacent to an activating group) is 1. The highest BCUT2D eigenvalue weighted by Crippen LogP contribution is 2.10. The van der Waals surface area contributed by atoms with E-state index in [0.717, 1.165) is 19.0 Å². The van der Waals surface area contributed by atoms with Crippen molar-refractivity contribution in [1.29, 1.82) is 0 Å². The molecule has 1 atom stereocenters. The van der Waals surface area contributed by atoms with Gasteiger partial charge in [-0.3, -0.25) is 4.99 Å². The summed E-state index contributed by atoms with van der Waals surface area (Å²) < 4.78 is 5.07. The molecule has 7 heteroatoms. The second kappa shape index (κ2) is 5.46. The molecule has 0 amide bonds. The van der Waals surface area contributed by atoms with E-state index in [0.29, 0.717) is 11.7 Å². The first-order chi connectivity index (χ1) is 7.16. The summed E-state index contributed by atoms with van der Waals surface area (Å²) in [5.74, 6) is 2.13. The molecule has 0 aliphatic carbocycles. The van der Waals surface area contributed by atoms with Gasteiger partial charge in [-0.15, -0.1) is 24.0 Å². The predicted molar refractivity (Wildman–Crippen MR) is 70.9 cm³/mol. The lowest BCUT2D eigenvalue weighted by Gasteiger charge is -2.17. The lowest BCUT2D eigenvalue weighted by atomic mass is 10.3. The molecule has 1 aliphatic rings. The molecule has 1 N–H and O–H groups in total. The second-order valence-corrected chi connectivity index (χ2v) is 3.67. The highest BCUT2D eigenvalue weighted by atomic mass is 127. The molecule has 0 bridgehead atoms. The SMILES string of the molecule is Cc1noc(C(C)NC2=NCCN2C)n1.I. The molecular weight excluding hydrogens is 321 g/mol. The molecule has 2 heterocycles. The zero-order chi connectivity index (χ0) is 10.8. The average Bonchev–Trinajstić information content (AvgIpc) is 2.77. The monoisotopic (exact) mass is 337 g/mol. The summed E-state index contributed by atoms with van der Waals surface area (Å²) in [6.45, 7) is 5.58. The van der Waals surface area contributed by atoms with Gasteiger partial charge in [0.1, 0.15) is 6.04 Å². The van der Waals surface area contributed by atoms with E-state index in [1.165, 1.54) is 0 Å². The number of hydrogen-bond donors (Lipinski definition) is 1. The summed E-state index contributed by atoms with van der Waals surface area (Å²) in [7, 11) is 2.00. The minimum atomic E-state index is -0.00880. The van der Waals surface area contributed by atoms with Crippen LogP contribution in [-0.4, -0.2) is 41.1 Å². The number of aliphatic imine (C=N–C) groups is 1. The number of nitrogens with one attached hydrogen (secondary N) is 1. The van der Waals surface area contributed by atoms with Gasteiger partial charge in [0.15, 0.2) is 11.8 Å². The van der Waals surface area contributed by atoms with E-state index in [-0.39, 0.29) is 30.0 Å². The van der Waals surface area contributed by atoms with Crippen LogP contribution in [0, 0.1) is 6.92 Å². The fourth-order valence-corrected chi connectivity index (χ4v) is 1.43. The molecule has 1 aliphatic heterocycles. The standard InChI is InChI=1S/C9H15N5O.HI/c1-6(8-12-7(2)13-15-8)11-9-10-4-5-14(9)3;/h6H,4-5H2,1-3H3,(H,10,11);1H. The summed E-state index contributed by atoms with van der Waals surface area (Å²) >= 11 is 0. The first kappa shape index (κ1) is 13.2. The molecule has 0 spiro atoms. The van der Waals surface area contributed by atoms with Gasteiger partial charge in [0.25, 0.3) is 0 Å². The van der Waals surface area contributed by atoms with E-state index in [2.05, 4.69) is 25.3 Å². The van der Waals surface area contributed by atoms with Crippen LogP contribution < -0.4 is 5.32 Å². The van der Waals surface area contributed by atoms with E-state index < -0.39 is 0 Å². The van der Waals surface area contributed by atoms with Crippen molar-refractivity contribution in [2.45, 2.75) is 19.9 Å². The third-order valence-electron chi connectivity index (χ3n) is 2.32. The lowest BCUT2D eigenvalue weighted by Crippen LogP contribution is -2.37. The Labute approximate surface area is 112 Å². The highest BCUT2D eigenvalue weighted by Gasteiger charge is 2.18. The fraction of sp³-hybridized carbons (Fsp3) is 0.667. The summed E-state index contributed by atoms with van der Waals surface area (Å²) in [5, 5.41) is 6.99. The number of rotatable bonds is 2. The Bertz CT molecular complexity index is 378. The maximum atomic E-state index is 5.07. The van der Waals surface area contributed by atoms with E-state index in [1.54, 1.807) is 6.92 Å². The molecule has 6 nitrogen and oxygen atoms in total. The topological polar surface area (TPSA) is 66.6 Å². The van der Waals surface area contributed by atoms with E-state index >= 15 is 0 Å².